The first-order valence-corrected chi connectivity index (χ1v) is 7.15. The molecule has 0 fully saturated rings. The van der Waals surface area contributed by atoms with Crippen LogP contribution >= 0.6 is 0 Å². The molecule has 4 nitrogen and oxygen atoms in total. The van der Waals surface area contributed by atoms with E-state index in [2.05, 4.69) is 43.4 Å². The van der Waals surface area contributed by atoms with Crippen molar-refractivity contribution in [2.75, 3.05) is 0 Å². The Morgan fingerprint density at radius 1 is 1.05 bits per heavy atom. The van der Waals surface area contributed by atoms with Crippen LogP contribution in [0.4, 0.5) is 5.69 Å². The van der Waals surface area contributed by atoms with E-state index in [1.165, 1.54) is 23.3 Å². The van der Waals surface area contributed by atoms with Gasteiger partial charge in [-0.15, -0.1) is 0 Å². The number of nitro groups is 1. The summed E-state index contributed by atoms with van der Waals surface area (Å²) in [5.74, 6) is 0. The van der Waals surface area contributed by atoms with E-state index >= 15 is 0 Å². The number of rotatable bonds is 6. The molecule has 21 heavy (non-hydrogen) atoms. The van der Waals surface area contributed by atoms with E-state index in [1.807, 2.05) is 0 Å². The highest BCUT2D eigenvalue weighted by Gasteiger charge is 2.07. The molecule has 1 N–H and O–H groups in total. The predicted molar refractivity (Wildman–Crippen MR) is 84.2 cm³/mol. The maximum absolute atomic E-state index is 10.6. The highest BCUT2D eigenvalue weighted by atomic mass is 16.6. The molecule has 2 rings (SSSR count). The molecule has 1 unspecified atom stereocenters. The van der Waals surface area contributed by atoms with Crippen molar-refractivity contribution in [2.45, 2.75) is 32.9 Å². The first kappa shape index (κ1) is 15.2. The topological polar surface area (TPSA) is 55.2 Å². The Morgan fingerprint density at radius 2 is 1.62 bits per heavy atom. The summed E-state index contributed by atoms with van der Waals surface area (Å²) in [6.45, 7) is 4.95. The summed E-state index contributed by atoms with van der Waals surface area (Å²) in [6.07, 6.45) is 1.05. The van der Waals surface area contributed by atoms with Crippen LogP contribution in [0.25, 0.3) is 0 Å². The van der Waals surface area contributed by atoms with Crippen LogP contribution in [-0.4, -0.2) is 4.92 Å². The van der Waals surface area contributed by atoms with Crippen LogP contribution in [0, 0.1) is 10.1 Å². The average molecular weight is 284 g/mol. The lowest BCUT2D eigenvalue weighted by atomic mass is 10.0. The smallest absolute Gasteiger partial charge is 0.269 e. The molecule has 1 atom stereocenters. The van der Waals surface area contributed by atoms with Crippen LogP contribution < -0.4 is 5.32 Å². The SMILES string of the molecule is CCc1ccc(C(C)NCc2ccc([N+](=O)[O-])cc2)cc1. The molecule has 0 bridgehead atoms. The van der Waals surface area contributed by atoms with E-state index in [1.54, 1.807) is 12.1 Å². The molecule has 0 aliphatic rings. The zero-order valence-corrected chi connectivity index (χ0v) is 12.4. The van der Waals surface area contributed by atoms with Crippen LogP contribution in [0.1, 0.15) is 36.6 Å². The van der Waals surface area contributed by atoms with Gasteiger partial charge in [0.05, 0.1) is 4.92 Å². The van der Waals surface area contributed by atoms with E-state index < -0.39 is 0 Å². The molecule has 110 valence electrons. The molecule has 0 aromatic heterocycles. The van der Waals surface area contributed by atoms with Gasteiger partial charge in [-0.1, -0.05) is 43.3 Å². The van der Waals surface area contributed by atoms with Crippen molar-refractivity contribution in [3.63, 3.8) is 0 Å². The standard InChI is InChI=1S/C17H20N2O2/c1-3-14-4-8-16(9-5-14)13(2)18-12-15-6-10-17(11-7-15)19(20)21/h4-11,13,18H,3,12H2,1-2H3. The van der Waals surface area contributed by atoms with Crippen molar-refractivity contribution in [2.24, 2.45) is 0 Å². The molecular formula is C17H20N2O2. The number of nitrogens with zero attached hydrogens (tertiary/aromatic N) is 1. The first-order chi connectivity index (χ1) is 10.1. The number of aryl methyl sites for hydroxylation is 1. The van der Waals surface area contributed by atoms with Crippen molar-refractivity contribution in [3.05, 3.63) is 75.3 Å². The summed E-state index contributed by atoms with van der Waals surface area (Å²) in [6, 6.07) is 15.5. The fourth-order valence-electron chi connectivity index (χ4n) is 2.17. The van der Waals surface area contributed by atoms with Gasteiger partial charge in [-0.3, -0.25) is 10.1 Å². The predicted octanol–water partition coefficient (Wildman–Crippen LogP) is 4.01. The fourth-order valence-corrected chi connectivity index (χ4v) is 2.17. The molecule has 2 aromatic rings. The Kier molecular flexibility index (Phi) is 5.06. The monoisotopic (exact) mass is 284 g/mol. The van der Waals surface area contributed by atoms with Crippen molar-refractivity contribution in [3.8, 4) is 0 Å². The minimum atomic E-state index is -0.380. The van der Waals surface area contributed by atoms with Crippen molar-refractivity contribution in [1.82, 2.24) is 5.32 Å². The minimum Gasteiger partial charge on any atom is -0.306 e. The number of hydrogen-bond acceptors (Lipinski definition) is 3. The van der Waals surface area contributed by atoms with Gasteiger partial charge in [0.25, 0.3) is 5.69 Å². The van der Waals surface area contributed by atoms with Crippen molar-refractivity contribution in [1.29, 1.82) is 0 Å². The van der Waals surface area contributed by atoms with Crippen molar-refractivity contribution < 1.29 is 4.92 Å². The lowest BCUT2D eigenvalue weighted by Gasteiger charge is -2.14. The average Bonchev–Trinajstić information content (AvgIpc) is 2.53. The first-order valence-electron chi connectivity index (χ1n) is 7.15. The summed E-state index contributed by atoms with van der Waals surface area (Å²) >= 11 is 0. The van der Waals surface area contributed by atoms with E-state index in [0.717, 1.165) is 12.0 Å². The number of non-ortho nitro benzene ring substituents is 1. The van der Waals surface area contributed by atoms with Gasteiger partial charge >= 0.3 is 0 Å². The largest absolute Gasteiger partial charge is 0.306 e. The lowest BCUT2D eigenvalue weighted by Crippen LogP contribution is -2.18. The van der Waals surface area contributed by atoms with Gasteiger partial charge in [0.1, 0.15) is 0 Å². The molecule has 0 spiro atoms. The Balaban J connectivity index is 1.93. The molecule has 0 aliphatic carbocycles. The van der Waals surface area contributed by atoms with Crippen LogP contribution in [0.2, 0.25) is 0 Å². The van der Waals surface area contributed by atoms with E-state index in [0.29, 0.717) is 6.54 Å². The summed E-state index contributed by atoms with van der Waals surface area (Å²) in [5, 5.41) is 14.0. The Hall–Kier alpha value is -2.20. The number of hydrogen-bond donors (Lipinski definition) is 1. The third-order valence-corrected chi connectivity index (χ3v) is 3.65. The zero-order valence-electron chi connectivity index (χ0n) is 12.4. The maximum Gasteiger partial charge on any atom is 0.269 e. The summed E-state index contributed by atoms with van der Waals surface area (Å²) < 4.78 is 0. The maximum atomic E-state index is 10.6. The second-order valence-electron chi connectivity index (χ2n) is 5.12. The van der Waals surface area contributed by atoms with E-state index in [4.69, 9.17) is 0 Å². The van der Waals surface area contributed by atoms with Gasteiger partial charge in [-0.25, -0.2) is 0 Å². The van der Waals surface area contributed by atoms with Gasteiger partial charge < -0.3 is 5.32 Å². The van der Waals surface area contributed by atoms with Crippen molar-refractivity contribution >= 4 is 5.69 Å². The highest BCUT2D eigenvalue weighted by Crippen LogP contribution is 2.16. The Bertz CT molecular complexity index is 591. The highest BCUT2D eigenvalue weighted by molar-refractivity contribution is 5.33. The van der Waals surface area contributed by atoms with Crippen LogP contribution in [-0.2, 0) is 13.0 Å². The summed E-state index contributed by atoms with van der Waals surface area (Å²) in [7, 11) is 0. The molecular weight excluding hydrogens is 264 g/mol. The third kappa shape index (κ3) is 4.13. The summed E-state index contributed by atoms with van der Waals surface area (Å²) in [4.78, 5) is 10.2. The van der Waals surface area contributed by atoms with E-state index in [-0.39, 0.29) is 16.7 Å². The van der Waals surface area contributed by atoms with E-state index in [9.17, 15) is 10.1 Å². The number of benzene rings is 2. The molecule has 4 heteroatoms. The minimum absolute atomic E-state index is 0.127. The molecule has 0 radical (unpaired) electrons. The van der Waals surface area contributed by atoms with Crippen LogP contribution in [0.15, 0.2) is 48.5 Å². The Labute approximate surface area is 125 Å². The van der Waals surface area contributed by atoms with Gasteiger partial charge in [-0.2, -0.15) is 0 Å². The molecule has 0 amide bonds. The molecule has 2 aromatic carbocycles. The van der Waals surface area contributed by atoms with Gasteiger partial charge in [-0.05, 0) is 30.0 Å². The van der Waals surface area contributed by atoms with Gasteiger partial charge in [0.2, 0.25) is 0 Å². The zero-order chi connectivity index (χ0) is 15.2. The third-order valence-electron chi connectivity index (χ3n) is 3.65. The fraction of sp³-hybridized carbons (Fsp3) is 0.294. The molecule has 0 saturated heterocycles. The Morgan fingerprint density at radius 3 is 2.14 bits per heavy atom. The molecule has 0 aliphatic heterocycles. The summed E-state index contributed by atoms with van der Waals surface area (Å²) in [5.41, 5.74) is 3.75. The normalized spacial score (nSPS) is 12.1. The molecule has 0 heterocycles. The number of nitro benzene ring substituents is 1. The molecule has 0 saturated carbocycles. The number of nitrogens with one attached hydrogen (secondary N) is 1. The second-order valence-corrected chi connectivity index (χ2v) is 5.12. The van der Waals surface area contributed by atoms with Gasteiger partial charge in [0.15, 0.2) is 0 Å². The second kappa shape index (κ2) is 6.99. The quantitative estimate of drug-likeness (QED) is 0.644. The van der Waals surface area contributed by atoms with Crippen LogP contribution in [0.5, 0.6) is 0 Å². The lowest BCUT2D eigenvalue weighted by molar-refractivity contribution is -0.384. The van der Waals surface area contributed by atoms with Gasteiger partial charge in [0, 0.05) is 24.7 Å². The van der Waals surface area contributed by atoms with Crippen LogP contribution in [0.3, 0.4) is 0 Å².